The summed E-state index contributed by atoms with van der Waals surface area (Å²) in [5, 5.41) is 0.804. The first kappa shape index (κ1) is 14.8. The fraction of sp³-hybridized carbons (Fsp3) is 0.600. The first-order valence-corrected chi connectivity index (χ1v) is 8.15. The summed E-state index contributed by atoms with van der Waals surface area (Å²) >= 11 is 2.04. The number of benzene rings is 1. The molecule has 3 N–H and O–H groups in total. The van der Waals surface area contributed by atoms with E-state index in [0.29, 0.717) is 0 Å². The van der Waals surface area contributed by atoms with E-state index < -0.39 is 0 Å². The fourth-order valence-electron chi connectivity index (χ4n) is 2.56. The summed E-state index contributed by atoms with van der Waals surface area (Å²) in [7, 11) is 0. The van der Waals surface area contributed by atoms with Crippen LogP contribution in [-0.4, -0.2) is 17.0 Å². The number of rotatable bonds is 6. The van der Waals surface area contributed by atoms with Gasteiger partial charge in [0.15, 0.2) is 0 Å². The summed E-state index contributed by atoms with van der Waals surface area (Å²) < 4.78 is 12.9. The monoisotopic (exact) mass is 282 g/mol. The molecule has 19 heavy (non-hydrogen) atoms. The van der Waals surface area contributed by atoms with Crippen LogP contribution in [0.5, 0.6) is 0 Å². The topological polar surface area (TPSA) is 38.0 Å². The van der Waals surface area contributed by atoms with Crippen molar-refractivity contribution in [3.05, 3.63) is 35.6 Å². The predicted octanol–water partition coefficient (Wildman–Crippen LogP) is 3.27. The summed E-state index contributed by atoms with van der Waals surface area (Å²) in [5.74, 6) is 6.47. The Bertz CT molecular complexity index is 363. The highest BCUT2D eigenvalue weighted by molar-refractivity contribution is 7.99. The molecule has 1 aromatic carbocycles. The van der Waals surface area contributed by atoms with Crippen molar-refractivity contribution in [2.45, 2.75) is 49.8 Å². The van der Waals surface area contributed by atoms with Gasteiger partial charge in [0, 0.05) is 17.0 Å². The summed E-state index contributed by atoms with van der Waals surface area (Å²) in [6.45, 7) is 0. The van der Waals surface area contributed by atoms with Crippen LogP contribution in [-0.2, 0) is 6.42 Å². The van der Waals surface area contributed by atoms with Gasteiger partial charge in [-0.3, -0.25) is 11.3 Å². The van der Waals surface area contributed by atoms with Crippen molar-refractivity contribution >= 4 is 11.8 Å². The normalized spacial score (nSPS) is 18.4. The lowest BCUT2D eigenvalue weighted by Crippen LogP contribution is -2.39. The van der Waals surface area contributed by atoms with Crippen LogP contribution in [0.1, 0.15) is 37.7 Å². The summed E-state index contributed by atoms with van der Waals surface area (Å²) in [4.78, 5) is 0. The van der Waals surface area contributed by atoms with Crippen LogP contribution in [0.3, 0.4) is 0 Å². The van der Waals surface area contributed by atoms with Gasteiger partial charge >= 0.3 is 0 Å². The smallest absolute Gasteiger partial charge is 0.123 e. The number of halogens is 1. The zero-order chi connectivity index (χ0) is 13.5. The van der Waals surface area contributed by atoms with Gasteiger partial charge in [-0.25, -0.2) is 4.39 Å². The summed E-state index contributed by atoms with van der Waals surface area (Å²) in [6.07, 6.45) is 7.69. The lowest BCUT2D eigenvalue weighted by Gasteiger charge is -2.23. The van der Waals surface area contributed by atoms with Crippen LogP contribution < -0.4 is 11.3 Å². The van der Waals surface area contributed by atoms with E-state index in [1.54, 1.807) is 0 Å². The molecule has 1 aliphatic rings. The zero-order valence-electron chi connectivity index (χ0n) is 11.3. The van der Waals surface area contributed by atoms with Gasteiger partial charge in [-0.15, -0.1) is 0 Å². The molecule has 2 nitrogen and oxygen atoms in total. The molecule has 1 saturated carbocycles. The number of nitrogens with one attached hydrogen (secondary N) is 1. The van der Waals surface area contributed by atoms with Crippen LogP contribution in [0.25, 0.3) is 0 Å². The van der Waals surface area contributed by atoms with E-state index >= 15 is 0 Å². The molecule has 1 aromatic rings. The molecule has 0 saturated heterocycles. The van der Waals surface area contributed by atoms with Crippen molar-refractivity contribution in [2.75, 3.05) is 5.75 Å². The van der Waals surface area contributed by atoms with Crippen molar-refractivity contribution < 1.29 is 4.39 Å². The molecule has 0 heterocycles. The first-order chi connectivity index (χ1) is 9.28. The Morgan fingerprint density at radius 3 is 2.53 bits per heavy atom. The molecule has 1 aliphatic carbocycles. The van der Waals surface area contributed by atoms with Crippen molar-refractivity contribution in [1.82, 2.24) is 5.43 Å². The van der Waals surface area contributed by atoms with E-state index in [9.17, 15) is 4.39 Å². The Hall–Kier alpha value is -0.580. The minimum absolute atomic E-state index is 0.183. The number of hydrogen-bond donors (Lipinski definition) is 2. The summed E-state index contributed by atoms with van der Waals surface area (Å²) in [6, 6.07) is 6.96. The molecule has 0 aromatic heterocycles. The van der Waals surface area contributed by atoms with Crippen molar-refractivity contribution in [3.63, 3.8) is 0 Å². The highest BCUT2D eigenvalue weighted by Gasteiger charge is 2.16. The van der Waals surface area contributed by atoms with Gasteiger partial charge in [-0.2, -0.15) is 11.8 Å². The van der Waals surface area contributed by atoms with Crippen LogP contribution in [0.4, 0.5) is 4.39 Å². The van der Waals surface area contributed by atoms with Gasteiger partial charge in [0.05, 0.1) is 0 Å². The third kappa shape index (κ3) is 5.13. The lowest BCUT2D eigenvalue weighted by molar-refractivity contribution is 0.513. The maximum absolute atomic E-state index is 12.9. The van der Waals surface area contributed by atoms with Crippen LogP contribution in [0.2, 0.25) is 0 Å². The Kier molecular flexibility index (Phi) is 6.14. The first-order valence-electron chi connectivity index (χ1n) is 7.10. The van der Waals surface area contributed by atoms with Gasteiger partial charge in [-0.1, -0.05) is 31.4 Å². The molecule has 1 unspecified atom stereocenters. The Balaban J connectivity index is 1.77. The van der Waals surface area contributed by atoms with Gasteiger partial charge < -0.3 is 0 Å². The maximum Gasteiger partial charge on any atom is 0.123 e. The fourth-order valence-corrected chi connectivity index (χ4v) is 3.94. The van der Waals surface area contributed by atoms with Crippen molar-refractivity contribution in [3.8, 4) is 0 Å². The van der Waals surface area contributed by atoms with E-state index in [1.807, 2.05) is 23.9 Å². The Morgan fingerprint density at radius 1 is 1.21 bits per heavy atom. The zero-order valence-corrected chi connectivity index (χ0v) is 12.1. The largest absolute Gasteiger partial charge is 0.271 e. The van der Waals surface area contributed by atoms with E-state index in [-0.39, 0.29) is 11.9 Å². The quantitative estimate of drug-likeness (QED) is 0.621. The second-order valence-electron chi connectivity index (χ2n) is 5.29. The van der Waals surface area contributed by atoms with E-state index in [1.165, 1.54) is 44.2 Å². The third-order valence-electron chi connectivity index (χ3n) is 3.72. The molecule has 0 spiro atoms. The molecule has 106 valence electrons. The Labute approximate surface area is 119 Å². The van der Waals surface area contributed by atoms with E-state index in [0.717, 1.165) is 23.0 Å². The third-order valence-corrected chi connectivity index (χ3v) is 5.25. The van der Waals surface area contributed by atoms with Gasteiger partial charge in [0.2, 0.25) is 0 Å². The minimum Gasteiger partial charge on any atom is -0.271 e. The van der Waals surface area contributed by atoms with E-state index in [2.05, 4.69) is 5.43 Å². The maximum atomic E-state index is 12.9. The molecule has 1 fully saturated rings. The second kappa shape index (κ2) is 7.88. The molecule has 4 heteroatoms. The number of nitrogens with two attached hydrogens (primary N) is 1. The molecule has 0 aliphatic heterocycles. The molecular weight excluding hydrogens is 259 g/mol. The highest BCUT2D eigenvalue weighted by Crippen LogP contribution is 2.28. The van der Waals surface area contributed by atoms with Crippen molar-refractivity contribution in [1.29, 1.82) is 0 Å². The molecule has 0 amide bonds. The SMILES string of the molecule is NNC(CSC1CCCCC1)Cc1ccc(F)cc1. The summed E-state index contributed by atoms with van der Waals surface area (Å²) in [5.41, 5.74) is 4.02. The van der Waals surface area contributed by atoms with Gasteiger partial charge in [0.1, 0.15) is 5.82 Å². The second-order valence-corrected chi connectivity index (χ2v) is 6.62. The molecule has 2 rings (SSSR count). The predicted molar refractivity (Wildman–Crippen MR) is 80.5 cm³/mol. The number of hydrogen-bond acceptors (Lipinski definition) is 3. The van der Waals surface area contributed by atoms with Crippen molar-refractivity contribution in [2.24, 2.45) is 5.84 Å². The highest BCUT2D eigenvalue weighted by atomic mass is 32.2. The lowest BCUT2D eigenvalue weighted by atomic mass is 10.0. The Morgan fingerprint density at radius 2 is 1.89 bits per heavy atom. The van der Waals surface area contributed by atoms with Gasteiger partial charge in [0.25, 0.3) is 0 Å². The molecule has 0 radical (unpaired) electrons. The average molecular weight is 282 g/mol. The van der Waals surface area contributed by atoms with Gasteiger partial charge in [-0.05, 0) is 37.0 Å². The van der Waals surface area contributed by atoms with Crippen LogP contribution >= 0.6 is 11.8 Å². The standard InChI is InChI=1S/C15H23FN2S/c16-13-8-6-12(7-9-13)10-14(18-17)11-19-15-4-2-1-3-5-15/h6-9,14-15,18H,1-5,10-11,17H2. The van der Waals surface area contributed by atoms with Crippen LogP contribution in [0.15, 0.2) is 24.3 Å². The number of hydrazine groups is 1. The molecule has 1 atom stereocenters. The van der Waals surface area contributed by atoms with Crippen LogP contribution in [0, 0.1) is 5.82 Å². The molecular formula is C15H23FN2S. The average Bonchev–Trinajstić information content (AvgIpc) is 2.46. The number of thioether (sulfide) groups is 1. The van der Waals surface area contributed by atoms with E-state index in [4.69, 9.17) is 5.84 Å². The molecule has 0 bridgehead atoms. The minimum atomic E-state index is -0.183.